The van der Waals surface area contributed by atoms with Gasteiger partial charge in [-0.05, 0) is 49.4 Å². The van der Waals surface area contributed by atoms with Gasteiger partial charge in [-0.1, -0.05) is 35.9 Å². The fraction of sp³-hybridized carbons (Fsp3) is 0.0476. The fourth-order valence-electron chi connectivity index (χ4n) is 2.38. The molecule has 27 heavy (non-hydrogen) atoms. The van der Waals surface area contributed by atoms with Crippen molar-refractivity contribution in [1.82, 2.24) is 5.32 Å². The molecule has 0 unspecified atom stereocenters. The average Bonchev–Trinajstić information content (AvgIpc) is 3.06. The van der Waals surface area contributed by atoms with E-state index in [2.05, 4.69) is 10.6 Å². The van der Waals surface area contributed by atoms with Crippen LogP contribution >= 0.6 is 11.6 Å². The van der Waals surface area contributed by atoms with Crippen LogP contribution in [0.2, 0.25) is 5.02 Å². The van der Waals surface area contributed by atoms with Crippen molar-refractivity contribution in [2.24, 2.45) is 0 Å². The van der Waals surface area contributed by atoms with E-state index in [4.69, 9.17) is 16.0 Å². The van der Waals surface area contributed by atoms with Crippen LogP contribution in [0.15, 0.2) is 76.8 Å². The lowest BCUT2D eigenvalue weighted by Gasteiger charge is -2.11. The van der Waals surface area contributed by atoms with E-state index in [0.29, 0.717) is 27.8 Å². The zero-order valence-electron chi connectivity index (χ0n) is 14.5. The molecule has 5 nitrogen and oxygen atoms in total. The summed E-state index contributed by atoms with van der Waals surface area (Å²) >= 11 is 5.94. The van der Waals surface area contributed by atoms with Crippen molar-refractivity contribution in [3.63, 3.8) is 0 Å². The number of furan rings is 1. The number of rotatable bonds is 5. The summed E-state index contributed by atoms with van der Waals surface area (Å²) < 4.78 is 5.49. The molecule has 3 aromatic rings. The highest BCUT2D eigenvalue weighted by molar-refractivity contribution is 6.31. The highest BCUT2D eigenvalue weighted by Gasteiger charge is 2.16. The summed E-state index contributed by atoms with van der Waals surface area (Å²) in [4.78, 5) is 25.2. The van der Waals surface area contributed by atoms with Crippen LogP contribution in [0.25, 0.3) is 6.08 Å². The molecule has 0 spiro atoms. The standard InChI is InChI=1S/C21H17ClN2O3/c1-14-10-11-18(27-14)13-19(21(26)23-17-8-3-2-4-9-17)24-20(25)15-6-5-7-16(22)12-15/h2-13H,1H3,(H,23,26)(H,24,25)/b19-13+. The number of para-hydroxylation sites is 1. The Labute approximate surface area is 161 Å². The summed E-state index contributed by atoms with van der Waals surface area (Å²) in [6.07, 6.45) is 1.48. The van der Waals surface area contributed by atoms with E-state index in [-0.39, 0.29) is 5.70 Å². The molecule has 1 aromatic heterocycles. The summed E-state index contributed by atoms with van der Waals surface area (Å²) in [5.74, 6) is 0.239. The van der Waals surface area contributed by atoms with Crippen molar-refractivity contribution < 1.29 is 14.0 Å². The maximum atomic E-state index is 12.7. The maximum absolute atomic E-state index is 12.7. The van der Waals surface area contributed by atoms with Gasteiger partial charge in [-0.25, -0.2) is 0 Å². The van der Waals surface area contributed by atoms with E-state index in [1.807, 2.05) is 6.07 Å². The third-order valence-electron chi connectivity index (χ3n) is 3.66. The number of aryl methyl sites for hydroxylation is 1. The van der Waals surface area contributed by atoms with Gasteiger partial charge in [0, 0.05) is 22.3 Å². The number of hydrogen-bond acceptors (Lipinski definition) is 3. The van der Waals surface area contributed by atoms with Crippen LogP contribution < -0.4 is 10.6 Å². The van der Waals surface area contributed by atoms with Crippen molar-refractivity contribution in [3.05, 3.63) is 94.5 Å². The molecule has 0 fully saturated rings. The minimum atomic E-state index is -0.467. The third kappa shape index (κ3) is 5.09. The van der Waals surface area contributed by atoms with Crippen molar-refractivity contribution in [3.8, 4) is 0 Å². The minimum absolute atomic E-state index is 0.0539. The first-order chi connectivity index (χ1) is 13.0. The smallest absolute Gasteiger partial charge is 0.272 e. The van der Waals surface area contributed by atoms with Gasteiger partial charge in [0.25, 0.3) is 11.8 Å². The maximum Gasteiger partial charge on any atom is 0.272 e. The molecular formula is C21H17ClN2O3. The molecular weight excluding hydrogens is 364 g/mol. The molecule has 0 radical (unpaired) electrons. The lowest BCUT2D eigenvalue weighted by atomic mass is 10.2. The number of halogens is 1. The molecule has 0 aliphatic heterocycles. The monoisotopic (exact) mass is 380 g/mol. The molecule has 2 amide bonds. The first kappa shape index (κ1) is 18.5. The second kappa shape index (κ2) is 8.38. The molecule has 0 aliphatic carbocycles. The number of benzene rings is 2. The van der Waals surface area contributed by atoms with Crippen LogP contribution in [0, 0.1) is 6.92 Å². The summed E-state index contributed by atoms with van der Waals surface area (Å²) in [5, 5.41) is 5.81. The zero-order chi connectivity index (χ0) is 19.2. The Morgan fingerprint density at radius 3 is 2.44 bits per heavy atom. The van der Waals surface area contributed by atoms with Gasteiger partial charge in [0.15, 0.2) is 0 Å². The SMILES string of the molecule is Cc1ccc(/C=C(/NC(=O)c2cccc(Cl)c2)C(=O)Nc2ccccc2)o1. The number of carbonyl (C=O) groups is 2. The summed E-state index contributed by atoms with van der Waals surface area (Å²) in [6, 6.07) is 18.9. The van der Waals surface area contributed by atoms with Crippen molar-refractivity contribution in [2.45, 2.75) is 6.92 Å². The average molecular weight is 381 g/mol. The van der Waals surface area contributed by atoms with E-state index in [9.17, 15) is 9.59 Å². The van der Waals surface area contributed by atoms with Crippen LogP contribution in [-0.4, -0.2) is 11.8 Å². The lowest BCUT2D eigenvalue weighted by Crippen LogP contribution is -2.30. The van der Waals surface area contributed by atoms with Gasteiger partial charge in [0.05, 0.1) is 0 Å². The molecule has 6 heteroatoms. The number of anilines is 1. The van der Waals surface area contributed by atoms with Gasteiger partial charge in [0.2, 0.25) is 0 Å². The number of amides is 2. The Kier molecular flexibility index (Phi) is 5.74. The van der Waals surface area contributed by atoms with Gasteiger partial charge in [-0.3, -0.25) is 9.59 Å². The Hall–Kier alpha value is -3.31. The highest BCUT2D eigenvalue weighted by atomic mass is 35.5. The van der Waals surface area contributed by atoms with E-state index in [1.54, 1.807) is 61.5 Å². The van der Waals surface area contributed by atoms with E-state index < -0.39 is 11.8 Å². The van der Waals surface area contributed by atoms with Gasteiger partial charge in [0.1, 0.15) is 17.2 Å². The number of carbonyl (C=O) groups excluding carboxylic acids is 2. The lowest BCUT2D eigenvalue weighted by molar-refractivity contribution is -0.113. The van der Waals surface area contributed by atoms with Gasteiger partial charge in [-0.15, -0.1) is 0 Å². The molecule has 0 saturated carbocycles. The van der Waals surface area contributed by atoms with Gasteiger partial charge < -0.3 is 15.1 Å². The summed E-state index contributed by atoms with van der Waals surface area (Å²) in [5.41, 5.74) is 1.01. The van der Waals surface area contributed by atoms with Crippen LogP contribution in [-0.2, 0) is 4.79 Å². The topological polar surface area (TPSA) is 71.3 Å². The largest absolute Gasteiger partial charge is 0.462 e. The third-order valence-corrected chi connectivity index (χ3v) is 3.89. The molecule has 0 atom stereocenters. The van der Waals surface area contributed by atoms with Crippen LogP contribution in [0.5, 0.6) is 0 Å². The molecule has 2 aromatic carbocycles. The first-order valence-electron chi connectivity index (χ1n) is 8.23. The van der Waals surface area contributed by atoms with Crippen LogP contribution in [0.3, 0.4) is 0 Å². The first-order valence-corrected chi connectivity index (χ1v) is 8.60. The van der Waals surface area contributed by atoms with Crippen LogP contribution in [0.1, 0.15) is 21.9 Å². The Morgan fingerprint density at radius 2 is 1.78 bits per heavy atom. The molecule has 136 valence electrons. The summed E-state index contributed by atoms with van der Waals surface area (Å²) in [6.45, 7) is 1.80. The minimum Gasteiger partial charge on any atom is -0.462 e. The van der Waals surface area contributed by atoms with Gasteiger partial charge in [-0.2, -0.15) is 0 Å². The van der Waals surface area contributed by atoms with Crippen LogP contribution in [0.4, 0.5) is 5.69 Å². The van der Waals surface area contributed by atoms with Crippen molar-refractivity contribution in [1.29, 1.82) is 0 Å². The molecule has 0 bridgehead atoms. The van der Waals surface area contributed by atoms with E-state index in [0.717, 1.165) is 0 Å². The Morgan fingerprint density at radius 1 is 1.00 bits per heavy atom. The highest BCUT2D eigenvalue weighted by Crippen LogP contribution is 2.14. The second-order valence-corrected chi connectivity index (χ2v) is 6.23. The molecule has 0 aliphatic rings. The quantitative estimate of drug-likeness (QED) is 0.633. The fourth-order valence-corrected chi connectivity index (χ4v) is 2.57. The van der Waals surface area contributed by atoms with Gasteiger partial charge >= 0.3 is 0 Å². The molecule has 0 saturated heterocycles. The normalized spacial score (nSPS) is 11.1. The van der Waals surface area contributed by atoms with E-state index >= 15 is 0 Å². The second-order valence-electron chi connectivity index (χ2n) is 5.79. The molecule has 1 heterocycles. The zero-order valence-corrected chi connectivity index (χ0v) is 15.3. The van der Waals surface area contributed by atoms with Crippen molar-refractivity contribution in [2.75, 3.05) is 5.32 Å². The molecule has 2 N–H and O–H groups in total. The molecule has 3 rings (SSSR count). The number of hydrogen-bond donors (Lipinski definition) is 2. The summed E-state index contributed by atoms with van der Waals surface area (Å²) in [7, 11) is 0. The van der Waals surface area contributed by atoms with E-state index in [1.165, 1.54) is 12.1 Å². The number of nitrogens with one attached hydrogen (secondary N) is 2. The van der Waals surface area contributed by atoms with Crippen molar-refractivity contribution >= 4 is 35.2 Å². The Bertz CT molecular complexity index is 993. The Balaban J connectivity index is 1.86. The predicted molar refractivity (Wildman–Crippen MR) is 105 cm³/mol. The predicted octanol–water partition coefficient (Wildman–Crippen LogP) is 4.65.